The molecule has 1 N–H and O–H groups in total. The molecular weight excluding hydrogens is 406 g/mol. The summed E-state index contributed by atoms with van der Waals surface area (Å²) in [5.74, 6) is 1.72. The van der Waals surface area contributed by atoms with Gasteiger partial charge in [-0.15, -0.1) is 0 Å². The van der Waals surface area contributed by atoms with Crippen molar-refractivity contribution in [2.24, 2.45) is 7.05 Å². The van der Waals surface area contributed by atoms with Gasteiger partial charge in [-0.3, -0.25) is 0 Å². The van der Waals surface area contributed by atoms with E-state index in [-0.39, 0.29) is 17.6 Å². The van der Waals surface area contributed by atoms with Gasteiger partial charge in [-0.25, -0.2) is 18.8 Å². The molecule has 1 aliphatic heterocycles. The minimum Gasteiger partial charge on any atom is -0.497 e. The molecule has 2 amide bonds. The number of hydrogen-bond acceptors (Lipinski definition) is 4. The highest BCUT2D eigenvalue weighted by Crippen LogP contribution is 2.27. The normalized spacial score (nSPS) is 14.4. The van der Waals surface area contributed by atoms with Crippen LogP contribution in [0.3, 0.4) is 0 Å². The Balaban J connectivity index is 1.33. The fourth-order valence-corrected chi connectivity index (χ4v) is 4.13. The maximum absolute atomic E-state index is 12.7. The number of ether oxygens (including phenoxy) is 1. The number of urea groups is 1. The van der Waals surface area contributed by atoms with E-state index in [2.05, 4.69) is 10.4 Å². The lowest BCUT2D eigenvalue weighted by Crippen LogP contribution is -2.44. The van der Waals surface area contributed by atoms with Gasteiger partial charge < -0.3 is 15.0 Å². The maximum Gasteiger partial charge on any atom is 0.350 e. The Morgan fingerprint density at radius 2 is 1.78 bits per heavy atom. The first-order chi connectivity index (χ1) is 15.6. The van der Waals surface area contributed by atoms with E-state index in [4.69, 9.17) is 4.74 Å². The molecule has 0 atom stereocenters. The van der Waals surface area contributed by atoms with Crippen molar-refractivity contribution in [3.8, 4) is 11.4 Å². The Morgan fingerprint density at radius 1 is 1.09 bits per heavy atom. The first kappa shape index (κ1) is 21.7. The standard InChI is InChI=1S/C24H29N5O3/c1-27-24(31)29(20-6-4-3-5-7-20)22(26-27)19-13-16-28(17-14-19)23(30)25-15-12-18-8-10-21(32-2)11-9-18/h3-11,19H,12-17H2,1-2H3,(H,25,30). The number of amides is 2. The fraction of sp³-hybridized carbons (Fsp3) is 0.375. The van der Waals surface area contributed by atoms with Crippen molar-refractivity contribution in [2.75, 3.05) is 26.7 Å². The lowest BCUT2D eigenvalue weighted by Gasteiger charge is -2.31. The van der Waals surface area contributed by atoms with Crippen LogP contribution >= 0.6 is 0 Å². The Hall–Kier alpha value is -3.55. The number of aromatic nitrogens is 3. The van der Waals surface area contributed by atoms with Crippen LogP contribution in [-0.2, 0) is 13.5 Å². The number of carbonyl (C=O) groups excluding carboxylic acids is 1. The second kappa shape index (κ2) is 9.72. The fourth-order valence-electron chi connectivity index (χ4n) is 4.13. The lowest BCUT2D eigenvalue weighted by atomic mass is 9.96. The number of para-hydroxylation sites is 1. The van der Waals surface area contributed by atoms with Gasteiger partial charge in [0.15, 0.2) is 0 Å². The summed E-state index contributed by atoms with van der Waals surface area (Å²) in [7, 11) is 3.32. The zero-order valence-corrected chi connectivity index (χ0v) is 18.5. The van der Waals surface area contributed by atoms with Crippen LogP contribution in [0.2, 0.25) is 0 Å². The van der Waals surface area contributed by atoms with E-state index in [0.717, 1.165) is 42.1 Å². The number of piperidine rings is 1. The number of nitrogens with zero attached hydrogens (tertiary/aromatic N) is 4. The highest BCUT2D eigenvalue weighted by atomic mass is 16.5. The van der Waals surface area contributed by atoms with Gasteiger partial charge in [0, 0.05) is 32.6 Å². The highest BCUT2D eigenvalue weighted by molar-refractivity contribution is 5.74. The molecule has 1 aromatic heterocycles. The monoisotopic (exact) mass is 435 g/mol. The molecule has 1 saturated heterocycles. The number of methoxy groups -OCH3 is 1. The molecule has 0 aliphatic carbocycles. The van der Waals surface area contributed by atoms with Crippen molar-refractivity contribution in [1.29, 1.82) is 0 Å². The summed E-state index contributed by atoms with van der Waals surface area (Å²) in [5, 5.41) is 7.53. The SMILES string of the molecule is COc1ccc(CCNC(=O)N2CCC(c3nn(C)c(=O)n3-c3ccccc3)CC2)cc1. The van der Waals surface area contributed by atoms with Gasteiger partial charge >= 0.3 is 11.7 Å². The molecule has 0 unspecified atom stereocenters. The molecular formula is C24H29N5O3. The molecule has 1 fully saturated rings. The largest absolute Gasteiger partial charge is 0.497 e. The number of nitrogens with one attached hydrogen (secondary N) is 1. The quantitative estimate of drug-likeness (QED) is 0.646. The van der Waals surface area contributed by atoms with Crippen molar-refractivity contribution in [3.05, 3.63) is 76.5 Å². The van der Waals surface area contributed by atoms with Gasteiger partial charge in [-0.2, -0.15) is 5.10 Å². The van der Waals surface area contributed by atoms with E-state index < -0.39 is 0 Å². The predicted molar refractivity (Wildman–Crippen MR) is 122 cm³/mol. The van der Waals surface area contributed by atoms with Gasteiger partial charge in [0.25, 0.3) is 0 Å². The Bertz CT molecular complexity index is 1100. The summed E-state index contributed by atoms with van der Waals surface area (Å²) in [6, 6.07) is 17.4. The second-order valence-electron chi connectivity index (χ2n) is 8.03. The zero-order valence-electron chi connectivity index (χ0n) is 18.5. The summed E-state index contributed by atoms with van der Waals surface area (Å²) >= 11 is 0. The molecule has 2 heterocycles. The molecule has 32 heavy (non-hydrogen) atoms. The first-order valence-electron chi connectivity index (χ1n) is 10.9. The first-order valence-corrected chi connectivity index (χ1v) is 10.9. The topological polar surface area (TPSA) is 81.4 Å². The number of likely N-dealkylation sites (tertiary alicyclic amines) is 1. The third-order valence-electron chi connectivity index (χ3n) is 5.96. The van der Waals surface area contributed by atoms with Crippen LogP contribution < -0.4 is 15.7 Å². The Morgan fingerprint density at radius 3 is 2.44 bits per heavy atom. The third-order valence-corrected chi connectivity index (χ3v) is 5.96. The van der Waals surface area contributed by atoms with Crippen LogP contribution in [0.4, 0.5) is 4.79 Å². The highest BCUT2D eigenvalue weighted by Gasteiger charge is 2.28. The maximum atomic E-state index is 12.7. The summed E-state index contributed by atoms with van der Waals surface area (Å²) in [5.41, 5.74) is 1.82. The van der Waals surface area contributed by atoms with E-state index >= 15 is 0 Å². The molecule has 168 valence electrons. The van der Waals surface area contributed by atoms with E-state index in [9.17, 15) is 9.59 Å². The van der Waals surface area contributed by atoms with Gasteiger partial charge in [0.2, 0.25) is 0 Å². The van der Waals surface area contributed by atoms with E-state index in [0.29, 0.717) is 19.6 Å². The molecule has 0 saturated carbocycles. The number of carbonyl (C=O) groups is 1. The number of benzene rings is 2. The Labute approximate surface area is 187 Å². The van der Waals surface area contributed by atoms with E-state index in [1.807, 2.05) is 59.5 Å². The van der Waals surface area contributed by atoms with Gasteiger partial charge in [-0.1, -0.05) is 30.3 Å². The summed E-state index contributed by atoms with van der Waals surface area (Å²) < 4.78 is 8.25. The predicted octanol–water partition coefficient (Wildman–Crippen LogP) is 2.71. The average molecular weight is 436 g/mol. The summed E-state index contributed by atoms with van der Waals surface area (Å²) in [6.45, 7) is 1.86. The van der Waals surface area contributed by atoms with E-state index in [1.54, 1.807) is 18.7 Å². The van der Waals surface area contributed by atoms with Crippen LogP contribution in [0, 0.1) is 0 Å². The van der Waals surface area contributed by atoms with Crippen molar-refractivity contribution in [2.45, 2.75) is 25.2 Å². The van der Waals surface area contributed by atoms with Crippen LogP contribution in [0.15, 0.2) is 59.4 Å². The molecule has 2 aromatic carbocycles. The van der Waals surface area contributed by atoms with Crippen LogP contribution in [-0.4, -0.2) is 52.0 Å². The van der Waals surface area contributed by atoms with Crippen molar-refractivity contribution in [3.63, 3.8) is 0 Å². The summed E-state index contributed by atoms with van der Waals surface area (Å²) in [4.78, 5) is 27.1. The number of hydrogen-bond donors (Lipinski definition) is 1. The minimum atomic E-state index is -0.148. The molecule has 4 rings (SSSR count). The van der Waals surface area contributed by atoms with Crippen LogP contribution in [0.5, 0.6) is 5.75 Å². The summed E-state index contributed by atoms with van der Waals surface area (Å²) in [6.07, 6.45) is 2.31. The third kappa shape index (κ3) is 4.69. The van der Waals surface area contributed by atoms with Crippen molar-refractivity contribution < 1.29 is 9.53 Å². The van der Waals surface area contributed by atoms with Gasteiger partial charge in [0.05, 0.1) is 12.8 Å². The smallest absolute Gasteiger partial charge is 0.350 e. The van der Waals surface area contributed by atoms with Crippen molar-refractivity contribution >= 4 is 6.03 Å². The lowest BCUT2D eigenvalue weighted by molar-refractivity contribution is 0.180. The van der Waals surface area contributed by atoms with Crippen molar-refractivity contribution in [1.82, 2.24) is 24.6 Å². The zero-order chi connectivity index (χ0) is 22.5. The molecule has 8 nitrogen and oxygen atoms in total. The van der Waals surface area contributed by atoms with Crippen LogP contribution in [0.1, 0.15) is 30.1 Å². The number of rotatable bonds is 6. The minimum absolute atomic E-state index is 0.0431. The van der Waals surface area contributed by atoms with Gasteiger partial charge in [0.1, 0.15) is 11.6 Å². The number of aryl methyl sites for hydroxylation is 1. The van der Waals surface area contributed by atoms with E-state index in [1.165, 1.54) is 4.68 Å². The second-order valence-corrected chi connectivity index (χ2v) is 8.03. The molecule has 0 radical (unpaired) electrons. The molecule has 0 spiro atoms. The molecule has 0 bridgehead atoms. The molecule has 1 aliphatic rings. The van der Waals surface area contributed by atoms with Gasteiger partial charge in [-0.05, 0) is 49.1 Å². The Kier molecular flexibility index (Phi) is 6.58. The molecule has 8 heteroatoms. The molecule has 3 aromatic rings. The average Bonchev–Trinajstić information content (AvgIpc) is 3.14. The van der Waals surface area contributed by atoms with Crippen LogP contribution in [0.25, 0.3) is 5.69 Å².